The summed E-state index contributed by atoms with van der Waals surface area (Å²) in [5.41, 5.74) is 0.0215. The van der Waals surface area contributed by atoms with Crippen LogP contribution in [-0.2, 0) is 14.8 Å². The number of nitriles is 1. The number of hydrogen-bond donors (Lipinski definition) is 2. The zero-order valence-corrected chi connectivity index (χ0v) is 11.5. The number of ether oxygens (including phenoxy) is 1. The van der Waals surface area contributed by atoms with Crippen molar-refractivity contribution in [3.8, 4) is 6.07 Å². The number of nitrogens with zero attached hydrogens (tertiary/aromatic N) is 1. The molecule has 104 valence electrons. The Kier molecular flexibility index (Phi) is 6.21. The molecule has 8 heteroatoms. The maximum absolute atomic E-state index is 12.0. The maximum atomic E-state index is 12.0. The second kappa shape index (κ2) is 7.43. The summed E-state index contributed by atoms with van der Waals surface area (Å²) in [7, 11) is -3.81. The van der Waals surface area contributed by atoms with Gasteiger partial charge in [-0.05, 0) is 18.2 Å². The molecule has 0 radical (unpaired) electrons. The van der Waals surface area contributed by atoms with E-state index in [1.54, 1.807) is 6.07 Å². The zero-order chi connectivity index (χ0) is 14.3. The van der Waals surface area contributed by atoms with Gasteiger partial charge in [-0.2, -0.15) is 5.26 Å². The number of rotatable bonds is 7. The van der Waals surface area contributed by atoms with Gasteiger partial charge in [0.2, 0.25) is 10.0 Å². The predicted molar refractivity (Wildman–Crippen MR) is 69.3 cm³/mol. The molecule has 0 saturated carbocycles. The molecule has 0 amide bonds. The fourth-order valence-corrected chi connectivity index (χ4v) is 2.73. The molecule has 0 heterocycles. The average molecular weight is 305 g/mol. The summed E-state index contributed by atoms with van der Waals surface area (Å²) in [6.45, 7) is 0.184. The Labute approximate surface area is 116 Å². The van der Waals surface area contributed by atoms with Crippen LogP contribution in [0.2, 0.25) is 5.02 Å². The summed E-state index contributed by atoms with van der Waals surface area (Å²) in [4.78, 5) is -0.162. The van der Waals surface area contributed by atoms with Crippen molar-refractivity contribution in [1.29, 1.82) is 5.26 Å². The van der Waals surface area contributed by atoms with E-state index in [0.717, 1.165) is 0 Å². The first-order valence-corrected chi connectivity index (χ1v) is 7.25. The number of halogens is 1. The molecule has 1 aromatic rings. The molecule has 1 rings (SSSR count). The molecule has 0 saturated heterocycles. The highest BCUT2D eigenvalue weighted by Crippen LogP contribution is 2.19. The summed E-state index contributed by atoms with van der Waals surface area (Å²) in [5, 5.41) is 17.6. The van der Waals surface area contributed by atoms with Gasteiger partial charge in [-0.15, -0.1) is 0 Å². The standard InChI is InChI=1S/C11H13ClN2O4S/c12-10-2-1-9(8-13)11(7-10)19(16,17)14-3-5-18-6-4-15/h1-2,7,14-15H,3-6H2. The predicted octanol–water partition coefficient (Wildman–Crippen LogP) is 0.499. The molecule has 0 bridgehead atoms. The molecule has 0 aliphatic rings. The van der Waals surface area contributed by atoms with E-state index < -0.39 is 10.0 Å². The molecule has 0 fully saturated rings. The van der Waals surface area contributed by atoms with Crippen molar-refractivity contribution >= 4 is 21.6 Å². The molecular weight excluding hydrogens is 292 g/mol. The normalized spacial score (nSPS) is 11.2. The minimum atomic E-state index is -3.81. The van der Waals surface area contributed by atoms with Crippen molar-refractivity contribution in [3.05, 3.63) is 28.8 Å². The molecule has 0 unspecified atom stereocenters. The molecule has 0 spiro atoms. The van der Waals surface area contributed by atoms with Crippen molar-refractivity contribution in [2.45, 2.75) is 4.90 Å². The molecule has 0 aliphatic heterocycles. The Balaban J connectivity index is 2.78. The van der Waals surface area contributed by atoms with Crippen molar-refractivity contribution in [2.75, 3.05) is 26.4 Å². The van der Waals surface area contributed by atoms with Gasteiger partial charge in [0.15, 0.2) is 0 Å². The maximum Gasteiger partial charge on any atom is 0.242 e. The third-order valence-corrected chi connectivity index (χ3v) is 3.86. The van der Waals surface area contributed by atoms with E-state index >= 15 is 0 Å². The Bertz CT molecular complexity index is 569. The molecule has 0 atom stereocenters. The molecule has 0 aliphatic carbocycles. The van der Waals surface area contributed by atoms with Gasteiger partial charge in [0.25, 0.3) is 0 Å². The first-order chi connectivity index (χ1) is 9.01. The van der Waals surface area contributed by atoms with Crippen LogP contribution in [0.5, 0.6) is 0 Å². The quantitative estimate of drug-likeness (QED) is 0.715. The van der Waals surface area contributed by atoms with Crippen molar-refractivity contribution < 1.29 is 18.3 Å². The monoisotopic (exact) mass is 304 g/mol. The topological polar surface area (TPSA) is 99.4 Å². The van der Waals surface area contributed by atoms with Gasteiger partial charge in [0.05, 0.1) is 25.4 Å². The van der Waals surface area contributed by atoms with Gasteiger partial charge >= 0.3 is 0 Å². The number of aliphatic hydroxyl groups excluding tert-OH is 1. The number of benzene rings is 1. The fourth-order valence-electron chi connectivity index (χ4n) is 1.30. The summed E-state index contributed by atoms with van der Waals surface area (Å²) in [6.07, 6.45) is 0. The SMILES string of the molecule is N#Cc1ccc(Cl)cc1S(=O)(=O)NCCOCCO. The average Bonchev–Trinajstić information content (AvgIpc) is 2.38. The first-order valence-electron chi connectivity index (χ1n) is 5.39. The zero-order valence-electron chi connectivity index (χ0n) is 9.97. The number of sulfonamides is 1. The second-order valence-electron chi connectivity index (χ2n) is 3.49. The molecule has 0 aromatic heterocycles. The van der Waals surface area contributed by atoms with Crippen LogP contribution in [0.3, 0.4) is 0 Å². The summed E-state index contributed by atoms with van der Waals surface area (Å²) < 4.78 is 31.2. The Morgan fingerprint density at radius 3 is 2.79 bits per heavy atom. The molecule has 6 nitrogen and oxygen atoms in total. The summed E-state index contributed by atoms with van der Waals surface area (Å²) in [6, 6.07) is 5.81. The largest absolute Gasteiger partial charge is 0.394 e. The Hall–Kier alpha value is -1.17. The van der Waals surface area contributed by atoms with Gasteiger partial charge in [0.1, 0.15) is 11.0 Å². The van der Waals surface area contributed by atoms with E-state index in [1.165, 1.54) is 18.2 Å². The molecule has 19 heavy (non-hydrogen) atoms. The van der Waals surface area contributed by atoms with Crippen molar-refractivity contribution in [3.63, 3.8) is 0 Å². The van der Waals surface area contributed by atoms with Crippen LogP contribution in [0.1, 0.15) is 5.56 Å². The van der Waals surface area contributed by atoms with E-state index in [1.807, 2.05) is 0 Å². The van der Waals surface area contributed by atoms with Gasteiger partial charge in [-0.3, -0.25) is 0 Å². The van der Waals surface area contributed by atoms with Gasteiger partial charge in [-0.1, -0.05) is 11.6 Å². The van der Waals surface area contributed by atoms with Crippen LogP contribution >= 0.6 is 11.6 Å². The molecule has 1 aromatic carbocycles. The first kappa shape index (κ1) is 15.9. The van der Waals surface area contributed by atoms with E-state index in [2.05, 4.69) is 4.72 Å². The highest BCUT2D eigenvalue weighted by atomic mass is 35.5. The lowest BCUT2D eigenvalue weighted by molar-refractivity contribution is 0.0961. The highest BCUT2D eigenvalue weighted by molar-refractivity contribution is 7.89. The van der Waals surface area contributed by atoms with E-state index in [9.17, 15) is 8.42 Å². The van der Waals surface area contributed by atoms with E-state index in [-0.39, 0.29) is 41.8 Å². The third-order valence-electron chi connectivity index (χ3n) is 2.13. The lowest BCUT2D eigenvalue weighted by Gasteiger charge is -2.08. The van der Waals surface area contributed by atoms with Crippen LogP contribution in [0.4, 0.5) is 0 Å². The summed E-state index contributed by atoms with van der Waals surface area (Å²) in [5.74, 6) is 0. The smallest absolute Gasteiger partial charge is 0.242 e. The van der Waals surface area contributed by atoms with Gasteiger partial charge in [-0.25, -0.2) is 13.1 Å². The van der Waals surface area contributed by atoms with Gasteiger partial charge in [0, 0.05) is 11.6 Å². The molecular formula is C11H13ClN2O4S. The fraction of sp³-hybridized carbons (Fsp3) is 0.364. The second-order valence-corrected chi connectivity index (χ2v) is 5.66. The van der Waals surface area contributed by atoms with Gasteiger partial charge < -0.3 is 9.84 Å². The summed E-state index contributed by atoms with van der Waals surface area (Å²) >= 11 is 5.73. The van der Waals surface area contributed by atoms with E-state index in [4.69, 9.17) is 26.7 Å². The van der Waals surface area contributed by atoms with Crippen LogP contribution in [0.15, 0.2) is 23.1 Å². The van der Waals surface area contributed by atoms with Crippen molar-refractivity contribution in [1.82, 2.24) is 4.72 Å². The number of aliphatic hydroxyl groups is 1. The van der Waals surface area contributed by atoms with E-state index in [0.29, 0.717) is 0 Å². The Morgan fingerprint density at radius 1 is 1.42 bits per heavy atom. The van der Waals surface area contributed by atoms with Crippen LogP contribution in [0.25, 0.3) is 0 Å². The lowest BCUT2D eigenvalue weighted by atomic mass is 10.2. The minimum absolute atomic E-state index is 0.0215. The number of hydrogen-bond acceptors (Lipinski definition) is 5. The van der Waals surface area contributed by atoms with Crippen LogP contribution in [-0.4, -0.2) is 39.9 Å². The number of nitrogens with one attached hydrogen (secondary N) is 1. The minimum Gasteiger partial charge on any atom is -0.394 e. The Morgan fingerprint density at radius 2 is 2.16 bits per heavy atom. The third kappa shape index (κ3) is 4.78. The molecule has 2 N–H and O–H groups in total. The van der Waals surface area contributed by atoms with Crippen molar-refractivity contribution in [2.24, 2.45) is 0 Å². The van der Waals surface area contributed by atoms with Crippen LogP contribution in [0, 0.1) is 11.3 Å². The highest BCUT2D eigenvalue weighted by Gasteiger charge is 2.18. The lowest BCUT2D eigenvalue weighted by Crippen LogP contribution is -2.28. The van der Waals surface area contributed by atoms with Crippen LogP contribution < -0.4 is 4.72 Å².